The molecule has 1 unspecified atom stereocenters. The smallest absolute Gasteiger partial charge is 0.0745 e. The standard InChI is InChI=1S/C42H29NS2/c1-2-11-28(12-3-1)29-13-10-14-30(25-29)31-20-22-35-40(26-31)44-38-18-6-4-15-33(38)42(35)34-16-5-7-19-39(34)45-41-27-32(21-23-36(41)42)37-17-8-9-24-43-37/h1-23,25-27,43H,24H2. The monoisotopic (exact) mass is 611 g/mol. The van der Waals surface area contributed by atoms with E-state index in [9.17, 15) is 0 Å². The first kappa shape index (κ1) is 26.7. The van der Waals surface area contributed by atoms with Crippen molar-refractivity contribution in [2.24, 2.45) is 0 Å². The summed E-state index contributed by atoms with van der Waals surface area (Å²) in [4.78, 5) is 5.27. The molecule has 3 heterocycles. The molecule has 3 heteroatoms. The molecule has 6 aromatic carbocycles. The van der Waals surface area contributed by atoms with Crippen molar-refractivity contribution in [3.05, 3.63) is 186 Å². The summed E-state index contributed by atoms with van der Waals surface area (Å²) in [6.07, 6.45) is 6.48. The molecule has 0 aromatic heterocycles. The topological polar surface area (TPSA) is 12.0 Å². The lowest BCUT2D eigenvalue weighted by Crippen LogP contribution is -2.36. The molecule has 6 aromatic rings. The second kappa shape index (κ2) is 10.7. The van der Waals surface area contributed by atoms with Crippen molar-refractivity contribution < 1.29 is 0 Å². The third-order valence-corrected chi connectivity index (χ3v) is 11.5. The first-order valence-corrected chi connectivity index (χ1v) is 17.0. The van der Waals surface area contributed by atoms with Crippen LogP contribution in [0.3, 0.4) is 0 Å². The molecular formula is C42H29NS2. The molecule has 3 aliphatic heterocycles. The molecule has 0 bridgehead atoms. The maximum Gasteiger partial charge on any atom is 0.0745 e. The van der Waals surface area contributed by atoms with Gasteiger partial charge in [0.2, 0.25) is 0 Å². The number of benzene rings is 6. The van der Waals surface area contributed by atoms with Gasteiger partial charge in [0.25, 0.3) is 0 Å². The Kier molecular flexibility index (Phi) is 6.36. The Morgan fingerprint density at radius 1 is 0.444 bits per heavy atom. The number of fused-ring (bicyclic) bond motifs is 8. The van der Waals surface area contributed by atoms with Crippen molar-refractivity contribution in [1.29, 1.82) is 0 Å². The molecule has 1 atom stereocenters. The van der Waals surface area contributed by atoms with E-state index in [0.29, 0.717) is 0 Å². The van der Waals surface area contributed by atoms with Crippen molar-refractivity contribution >= 4 is 29.2 Å². The van der Waals surface area contributed by atoms with Gasteiger partial charge in [0.05, 0.1) is 5.41 Å². The van der Waals surface area contributed by atoms with Crippen LogP contribution in [0.4, 0.5) is 0 Å². The summed E-state index contributed by atoms with van der Waals surface area (Å²) < 4.78 is 0. The van der Waals surface area contributed by atoms with Gasteiger partial charge in [-0.15, -0.1) is 0 Å². The molecule has 45 heavy (non-hydrogen) atoms. The van der Waals surface area contributed by atoms with Crippen molar-refractivity contribution in [3.63, 3.8) is 0 Å². The van der Waals surface area contributed by atoms with Crippen LogP contribution in [-0.2, 0) is 5.41 Å². The van der Waals surface area contributed by atoms with E-state index in [1.54, 1.807) is 0 Å². The molecule has 3 aliphatic rings. The molecule has 0 amide bonds. The lowest BCUT2D eigenvalue weighted by molar-refractivity contribution is 0.667. The number of nitrogens with one attached hydrogen (secondary N) is 1. The maximum atomic E-state index is 3.56. The molecule has 9 rings (SSSR count). The lowest BCUT2D eigenvalue weighted by Gasteiger charge is -2.45. The SMILES string of the molecule is C1=CCNC(c2ccc3c(c2)Sc2ccccc2C32c3ccccc3Sc3cc(-c4cccc(-c5ccccc5)c4)ccc32)=C1. The first-order valence-electron chi connectivity index (χ1n) is 15.4. The fourth-order valence-corrected chi connectivity index (χ4v) is 9.65. The molecule has 0 aliphatic carbocycles. The van der Waals surface area contributed by atoms with E-state index in [1.807, 2.05) is 23.5 Å². The minimum absolute atomic E-state index is 0.411. The minimum atomic E-state index is -0.411. The highest BCUT2D eigenvalue weighted by Crippen LogP contribution is 2.62. The van der Waals surface area contributed by atoms with E-state index in [1.165, 1.54) is 75.4 Å². The van der Waals surface area contributed by atoms with Gasteiger partial charge in [0.15, 0.2) is 0 Å². The first-order chi connectivity index (χ1) is 22.3. The third kappa shape index (κ3) is 4.26. The average molecular weight is 612 g/mol. The van der Waals surface area contributed by atoms with Crippen molar-refractivity contribution in [2.45, 2.75) is 25.0 Å². The summed E-state index contributed by atoms with van der Waals surface area (Å²) in [5.74, 6) is 0. The molecule has 0 radical (unpaired) electrons. The van der Waals surface area contributed by atoms with Gasteiger partial charge in [-0.1, -0.05) is 145 Å². The zero-order chi connectivity index (χ0) is 29.8. The largest absolute Gasteiger partial charge is 0.381 e. The predicted molar refractivity (Wildman–Crippen MR) is 189 cm³/mol. The summed E-state index contributed by atoms with van der Waals surface area (Å²) in [5, 5.41) is 3.56. The van der Waals surface area contributed by atoms with Crippen molar-refractivity contribution in [2.75, 3.05) is 6.54 Å². The lowest BCUT2D eigenvalue weighted by atomic mass is 9.64. The summed E-state index contributed by atoms with van der Waals surface area (Å²) >= 11 is 3.80. The fourth-order valence-electron chi connectivity index (χ4n) is 7.19. The quantitative estimate of drug-likeness (QED) is 0.213. The van der Waals surface area contributed by atoms with Crippen LogP contribution in [-0.4, -0.2) is 6.54 Å². The van der Waals surface area contributed by atoms with Crippen LogP contribution >= 0.6 is 23.5 Å². The molecule has 1 nitrogen and oxygen atoms in total. The van der Waals surface area contributed by atoms with Gasteiger partial charge in [-0.25, -0.2) is 0 Å². The van der Waals surface area contributed by atoms with Gasteiger partial charge in [-0.3, -0.25) is 0 Å². The van der Waals surface area contributed by atoms with Crippen LogP contribution in [0.5, 0.6) is 0 Å². The van der Waals surface area contributed by atoms with Gasteiger partial charge in [0, 0.05) is 31.8 Å². The molecule has 0 saturated carbocycles. The van der Waals surface area contributed by atoms with Crippen molar-refractivity contribution in [3.8, 4) is 22.3 Å². The van der Waals surface area contributed by atoms with Gasteiger partial charge in [-0.05, 0) is 86.5 Å². The van der Waals surface area contributed by atoms with Crippen LogP contribution < -0.4 is 5.32 Å². The number of allylic oxidation sites excluding steroid dienone is 2. The van der Waals surface area contributed by atoms with Gasteiger partial charge >= 0.3 is 0 Å². The van der Waals surface area contributed by atoms with E-state index in [2.05, 4.69) is 163 Å². The van der Waals surface area contributed by atoms with Crippen molar-refractivity contribution in [1.82, 2.24) is 5.32 Å². The van der Waals surface area contributed by atoms with Crippen LogP contribution in [0.15, 0.2) is 177 Å². The second-order valence-electron chi connectivity index (χ2n) is 11.7. The molecule has 0 fully saturated rings. The van der Waals surface area contributed by atoms with Gasteiger partial charge in [-0.2, -0.15) is 0 Å². The van der Waals surface area contributed by atoms with E-state index in [0.717, 1.165) is 6.54 Å². The van der Waals surface area contributed by atoms with Gasteiger partial charge < -0.3 is 5.32 Å². The van der Waals surface area contributed by atoms with Crippen LogP contribution in [0.1, 0.15) is 27.8 Å². The molecule has 1 spiro atoms. The molecular weight excluding hydrogens is 583 g/mol. The highest BCUT2D eigenvalue weighted by molar-refractivity contribution is 8.00. The number of hydrogen-bond acceptors (Lipinski definition) is 3. The highest BCUT2D eigenvalue weighted by atomic mass is 32.2. The summed E-state index contributed by atoms with van der Waals surface area (Å²) in [6.45, 7) is 0.859. The number of dihydropyridines is 1. The predicted octanol–water partition coefficient (Wildman–Crippen LogP) is 10.8. The van der Waals surface area contributed by atoms with E-state index >= 15 is 0 Å². The fraction of sp³-hybridized carbons (Fsp3) is 0.0476. The number of hydrogen-bond donors (Lipinski definition) is 1. The Hall–Kier alpha value is -4.70. The summed E-state index contributed by atoms with van der Waals surface area (Å²) in [6, 6.07) is 51.9. The maximum absolute atomic E-state index is 3.56. The molecule has 1 N–H and O–H groups in total. The Morgan fingerprint density at radius 3 is 1.64 bits per heavy atom. The third-order valence-electron chi connectivity index (χ3n) is 9.22. The average Bonchev–Trinajstić information content (AvgIpc) is 3.12. The van der Waals surface area contributed by atoms with Crippen LogP contribution in [0.2, 0.25) is 0 Å². The van der Waals surface area contributed by atoms with E-state index in [-0.39, 0.29) is 0 Å². The van der Waals surface area contributed by atoms with Crippen LogP contribution in [0, 0.1) is 0 Å². The Balaban J connectivity index is 1.27. The minimum Gasteiger partial charge on any atom is -0.381 e. The Morgan fingerprint density at radius 2 is 0.978 bits per heavy atom. The zero-order valence-electron chi connectivity index (χ0n) is 24.5. The zero-order valence-corrected chi connectivity index (χ0v) is 26.2. The second-order valence-corrected chi connectivity index (χ2v) is 13.9. The highest BCUT2D eigenvalue weighted by Gasteiger charge is 2.48. The molecule has 214 valence electrons. The number of rotatable bonds is 3. The Bertz CT molecular complexity index is 2160. The van der Waals surface area contributed by atoms with E-state index < -0.39 is 5.41 Å². The summed E-state index contributed by atoms with van der Waals surface area (Å²) in [7, 11) is 0. The summed E-state index contributed by atoms with van der Waals surface area (Å²) in [5.41, 5.74) is 12.4. The Labute approximate surface area is 272 Å². The molecule has 0 saturated heterocycles. The van der Waals surface area contributed by atoms with E-state index in [4.69, 9.17) is 0 Å². The van der Waals surface area contributed by atoms with Crippen LogP contribution in [0.25, 0.3) is 28.0 Å². The van der Waals surface area contributed by atoms with Gasteiger partial charge in [0.1, 0.15) is 0 Å². The normalized spacial score (nSPS) is 17.4.